The minimum atomic E-state index is -0.996. The van der Waals surface area contributed by atoms with Gasteiger partial charge >= 0.3 is 12.0 Å². The normalized spacial score (nSPS) is 15.6. The Balaban J connectivity index is 1.96. The van der Waals surface area contributed by atoms with Crippen LogP contribution >= 0.6 is 0 Å². The number of benzene rings is 3. The van der Waals surface area contributed by atoms with Crippen molar-refractivity contribution in [2.45, 2.75) is 38.3 Å². The minimum absolute atomic E-state index is 0.128. The van der Waals surface area contributed by atoms with Gasteiger partial charge in [0.2, 0.25) is 0 Å². The Labute approximate surface area is 232 Å². The number of fused-ring (bicyclic) bond motifs is 1. The average molecular weight is 532 g/mol. The molecule has 0 spiro atoms. The highest BCUT2D eigenvalue weighted by Gasteiger charge is 2.47. The van der Waals surface area contributed by atoms with E-state index in [2.05, 4.69) is 0 Å². The molecule has 1 aliphatic rings. The van der Waals surface area contributed by atoms with Crippen LogP contribution in [-0.4, -0.2) is 33.9 Å². The van der Waals surface area contributed by atoms with Crippen molar-refractivity contribution >= 4 is 29.3 Å². The van der Waals surface area contributed by atoms with E-state index in [0.29, 0.717) is 15.9 Å². The van der Waals surface area contributed by atoms with Crippen molar-refractivity contribution in [2.24, 2.45) is 0 Å². The number of hydrogen-bond acceptors (Lipinski definition) is 5. The lowest BCUT2D eigenvalue weighted by Crippen LogP contribution is -2.42. The summed E-state index contributed by atoms with van der Waals surface area (Å²) >= 11 is 0. The van der Waals surface area contributed by atoms with Gasteiger partial charge in [0.25, 0.3) is 5.71 Å². The molecule has 2 amide bonds. The Morgan fingerprint density at radius 3 is 2.15 bits per heavy atom. The molecule has 0 bridgehead atoms. The lowest BCUT2D eigenvalue weighted by molar-refractivity contribution is -0.509. The van der Waals surface area contributed by atoms with E-state index in [1.165, 1.54) is 6.08 Å². The fraction of sp³-hybridized carbons (Fsp3) is 0.188. The van der Waals surface area contributed by atoms with Crippen LogP contribution in [0.1, 0.15) is 49.4 Å². The summed E-state index contributed by atoms with van der Waals surface area (Å²) < 4.78 is 6.11. The summed E-state index contributed by atoms with van der Waals surface area (Å²) in [6, 6.07) is 25.5. The van der Waals surface area contributed by atoms with E-state index in [1.807, 2.05) is 48.3 Å². The van der Waals surface area contributed by atoms with Gasteiger partial charge < -0.3 is 15.4 Å². The zero-order chi connectivity index (χ0) is 28.9. The van der Waals surface area contributed by atoms with Crippen LogP contribution in [0.2, 0.25) is 0 Å². The minimum Gasteiger partial charge on any atom is -0.762 e. The van der Waals surface area contributed by atoms with Gasteiger partial charge in [-0.2, -0.15) is 10.0 Å². The molecule has 8 heteroatoms. The van der Waals surface area contributed by atoms with Gasteiger partial charge in [0.15, 0.2) is 6.04 Å². The number of hydroxylamine groups is 1. The summed E-state index contributed by atoms with van der Waals surface area (Å²) in [5.41, 5.74) is 0.669. The van der Waals surface area contributed by atoms with Crippen LogP contribution in [0.4, 0.5) is 10.5 Å². The Morgan fingerprint density at radius 2 is 1.57 bits per heavy atom. The van der Waals surface area contributed by atoms with Gasteiger partial charge in [-0.25, -0.2) is 9.69 Å². The number of carbonyl (C=O) groups is 2. The molecular formula is C32H27N4O4-. The first-order valence-corrected chi connectivity index (χ1v) is 12.6. The van der Waals surface area contributed by atoms with Gasteiger partial charge in [-0.3, -0.25) is 10.7 Å². The maximum atomic E-state index is 14.5. The van der Waals surface area contributed by atoms with Crippen LogP contribution in [0, 0.1) is 16.5 Å². The van der Waals surface area contributed by atoms with Crippen molar-refractivity contribution in [1.82, 2.24) is 0 Å². The number of carbonyl (C=O) groups excluding carboxylic acids is 2. The second-order valence-corrected chi connectivity index (χ2v) is 10.1. The number of rotatable bonds is 6. The lowest BCUT2D eigenvalue weighted by atomic mass is 9.86. The summed E-state index contributed by atoms with van der Waals surface area (Å²) in [5, 5.41) is 33.1. The van der Waals surface area contributed by atoms with Gasteiger partial charge in [-0.05, 0) is 44.5 Å². The Morgan fingerprint density at radius 1 is 1.00 bits per heavy atom. The fourth-order valence-electron chi connectivity index (χ4n) is 4.55. The largest absolute Gasteiger partial charge is 0.762 e. The van der Waals surface area contributed by atoms with E-state index in [9.17, 15) is 25.5 Å². The van der Waals surface area contributed by atoms with E-state index < -0.39 is 29.6 Å². The Bertz CT molecular complexity index is 1570. The zero-order valence-corrected chi connectivity index (χ0v) is 22.3. The third-order valence-electron chi connectivity index (χ3n) is 6.23. The Kier molecular flexibility index (Phi) is 8.09. The van der Waals surface area contributed by atoms with Gasteiger partial charge in [-0.1, -0.05) is 78.9 Å². The van der Waals surface area contributed by atoms with Crippen molar-refractivity contribution in [3.63, 3.8) is 0 Å². The van der Waals surface area contributed by atoms with E-state index in [-0.39, 0.29) is 17.0 Å². The molecule has 0 radical (unpaired) electrons. The van der Waals surface area contributed by atoms with Crippen LogP contribution in [0.3, 0.4) is 0 Å². The summed E-state index contributed by atoms with van der Waals surface area (Å²) in [6.07, 6.45) is 2.12. The Hall–Kier alpha value is -5.25. The van der Waals surface area contributed by atoms with Gasteiger partial charge in [0.05, 0.1) is 22.7 Å². The molecule has 0 aromatic heterocycles. The van der Waals surface area contributed by atoms with Crippen LogP contribution in [0.25, 0.3) is 5.41 Å². The van der Waals surface area contributed by atoms with Crippen molar-refractivity contribution < 1.29 is 19.1 Å². The third-order valence-corrected chi connectivity index (χ3v) is 6.23. The molecule has 0 saturated carbocycles. The zero-order valence-electron chi connectivity index (χ0n) is 22.3. The topological polar surface area (TPSA) is 119 Å². The summed E-state index contributed by atoms with van der Waals surface area (Å²) in [7, 11) is 0. The number of allylic oxidation sites excluding steroid dienone is 2. The maximum Gasteiger partial charge on any atom is 0.422 e. The van der Waals surface area contributed by atoms with Crippen molar-refractivity contribution in [3.05, 3.63) is 130 Å². The molecule has 3 aromatic rings. The predicted molar refractivity (Wildman–Crippen MR) is 153 cm³/mol. The van der Waals surface area contributed by atoms with E-state index >= 15 is 0 Å². The SMILES string of the molecule is CC(C)(C)OC(=O)N1C(=O)C(=[N+]([O-])[C@@H](c2ccccc2)[C@@H](/C=C\C(=C=[N-])C#N)c2ccccc2)c2ccccc21. The quantitative estimate of drug-likeness (QED) is 0.0960. The number of anilines is 1. The predicted octanol–water partition coefficient (Wildman–Crippen LogP) is 6.04. The van der Waals surface area contributed by atoms with Crippen LogP contribution in [0.5, 0.6) is 0 Å². The lowest BCUT2D eigenvalue weighted by Gasteiger charge is -2.26. The van der Waals surface area contributed by atoms with Crippen LogP contribution in [-0.2, 0) is 9.53 Å². The second kappa shape index (κ2) is 11.6. The summed E-state index contributed by atoms with van der Waals surface area (Å²) in [4.78, 5) is 27.8. The van der Waals surface area contributed by atoms with Gasteiger partial charge in [0, 0.05) is 5.56 Å². The number of hydrogen-bond donors (Lipinski definition) is 0. The second-order valence-electron chi connectivity index (χ2n) is 10.1. The summed E-state index contributed by atoms with van der Waals surface area (Å²) in [5.74, 6) is 0.356. The molecule has 0 fully saturated rings. The average Bonchev–Trinajstić information content (AvgIpc) is 3.24. The molecule has 0 aliphatic carbocycles. The van der Waals surface area contributed by atoms with Crippen molar-refractivity contribution in [2.75, 3.05) is 4.90 Å². The molecule has 0 saturated heterocycles. The molecule has 0 unspecified atom stereocenters. The highest BCUT2D eigenvalue weighted by molar-refractivity contribution is 6.56. The first kappa shape index (κ1) is 27.8. The van der Waals surface area contributed by atoms with Crippen molar-refractivity contribution in [1.29, 1.82) is 5.26 Å². The third kappa shape index (κ3) is 5.75. The number of nitrogens with zero attached hydrogens (tertiary/aromatic N) is 4. The molecule has 40 heavy (non-hydrogen) atoms. The smallest absolute Gasteiger partial charge is 0.422 e. The molecule has 4 rings (SSSR count). The number of imide groups is 1. The van der Waals surface area contributed by atoms with E-state index in [4.69, 9.17) is 4.74 Å². The molecule has 0 N–H and O–H groups in total. The standard InChI is InChI=1S/C32H27N4O4/c1-32(2,3)40-31(38)35-27-17-11-10-16-26(27)29(30(35)37)36(39)28(24-14-8-5-9-15-24)25(19-18-22(20-33)21-34)23-12-6-4-7-13-23/h4-19,25,28H,1-3H3/q-1/b19-18-,36-29?/t25-,28-/m0/s1. The number of nitriles is 1. The number of ether oxygens (including phenoxy) is 1. The van der Waals surface area contributed by atoms with E-state index in [0.717, 1.165) is 10.5 Å². The molecule has 1 aliphatic heterocycles. The van der Waals surface area contributed by atoms with E-state index in [1.54, 1.807) is 75.4 Å². The molecule has 3 aromatic carbocycles. The molecular weight excluding hydrogens is 504 g/mol. The molecule has 200 valence electrons. The number of amides is 2. The highest BCUT2D eigenvalue weighted by Crippen LogP contribution is 2.38. The monoisotopic (exact) mass is 531 g/mol. The highest BCUT2D eigenvalue weighted by atomic mass is 16.6. The molecule has 8 nitrogen and oxygen atoms in total. The molecule has 2 atom stereocenters. The van der Waals surface area contributed by atoms with Crippen molar-refractivity contribution in [3.8, 4) is 6.07 Å². The first-order valence-electron chi connectivity index (χ1n) is 12.6. The fourth-order valence-corrected chi connectivity index (χ4v) is 4.55. The molecule has 1 heterocycles. The van der Waals surface area contributed by atoms with Gasteiger partial charge in [-0.15, -0.1) is 0 Å². The van der Waals surface area contributed by atoms with Crippen LogP contribution < -0.4 is 4.90 Å². The first-order chi connectivity index (χ1) is 19.2. The van der Waals surface area contributed by atoms with Crippen LogP contribution in [0.15, 0.2) is 103 Å². The summed E-state index contributed by atoms with van der Waals surface area (Å²) in [6.45, 7) is 5.08. The maximum absolute atomic E-state index is 14.5. The van der Waals surface area contributed by atoms with Gasteiger partial charge in [0.1, 0.15) is 11.7 Å². The number of para-hydroxylation sites is 1.